The van der Waals surface area contributed by atoms with E-state index in [4.69, 9.17) is 0 Å². The van der Waals surface area contributed by atoms with Crippen molar-refractivity contribution in [3.05, 3.63) is 0 Å². The molecule has 2 aliphatic rings. The minimum Gasteiger partial charge on any atom is -0.260 e. The van der Waals surface area contributed by atoms with Gasteiger partial charge in [0.25, 0.3) is 0 Å². The quantitative estimate of drug-likeness (QED) is 0.523. The third-order valence-corrected chi connectivity index (χ3v) is 4.42. The number of hydrogen-bond donors (Lipinski definition) is 0. The first-order valence-corrected chi connectivity index (χ1v) is 5.68. The maximum absolute atomic E-state index is 11.2. The Morgan fingerprint density at radius 1 is 1.10 bits per heavy atom. The van der Waals surface area contributed by atoms with Crippen LogP contribution >= 0.6 is 0 Å². The molecule has 1 nitrogen and oxygen atoms in total. The highest BCUT2D eigenvalue weighted by Crippen LogP contribution is 2.33. The van der Waals surface area contributed by atoms with Crippen LogP contribution in [-0.4, -0.2) is 15.7 Å². The largest absolute Gasteiger partial charge is 0.260 e. The predicted octanol–water partition coefficient (Wildman–Crippen LogP) is 1.56. The normalized spacial score (nSPS) is 47.0. The molecule has 1 saturated carbocycles. The average molecular weight is 158 g/mol. The van der Waals surface area contributed by atoms with Gasteiger partial charge >= 0.3 is 0 Å². The van der Waals surface area contributed by atoms with E-state index in [1.807, 2.05) is 0 Å². The van der Waals surface area contributed by atoms with Crippen LogP contribution in [0.2, 0.25) is 0 Å². The van der Waals surface area contributed by atoms with Gasteiger partial charge in [0.2, 0.25) is 0 Å². The van der Waals surface area contributed by atoms with E-state index < -0.39 is 10.8 Å². The SMILES string of the molecule is O=S1CC2CCCC(C2)C1. The second-order valence-corrected chi connectivity index (χ2v) is 5.22. The van der Waals surface area contributed by atoms with Crippen molar-refractivity contribution in [3.63, 3.8) is 0 Å². The van der Waals surface area contributed by atoms with E-state index in [9.17, 15) is 4.21 Å². The molecule has 0 N–H and O–H groups in total. The summed E-state index contributed by atoms with van der Waals surface area (Å²) in [6.45, 7) is 0. The predicted molar refractivity (Wildman–Crippen MR) is 43.3 cm³/mol. The Morgan fingerprint density at radius 3 is 2.30 bits per heavy atom. The lowest BCUT2D eigenvalue weighted by Crippen LogP contribution is -2.31. The first kappa shape index (κ1) is 6.84. The van der Waals surface area contributed by atoms with Crippen LogP contribution in [0.3, 0.4) is 0 Å². The van der Waals surface area contributed by atoms with Gasteiger partial charge in [-0.1, -0.05) is 6.42 Å². The summed E-state index contributed by atoms with van der Waals surface area (Å²) in [5.74, 6) is 3.68. The number of hydrogen-bond acceptors (Lipinski definition) is 1. The molecule has 10 heavy (non-hydrogen) atoms. The molecule has 2 atom stereocenters. The highest BCUT2D eigenvalue weighted by Gasteiger charge is 2.29. The van der Waals surface area contributed by atoms with E-state index in [0.717, 1.165) is 23.3 Å². The lowest BCUT2D eigenvalue weighted by molar-refractivity contribution is 0.294. The van der Waals surface area contributed by atoms with Gasteiger partial charge in [0.05, 0.1) is 0 Å². The molecular formula is C8H14OS. The van der Waals surface area contributed by atoms with Gasteiger partial charge < -0.3 is 0 Å². The Kier molecular flexibility index (Phi) is 1.81. The van der Waals surface area contributed by atoms with Crippen molar-refractivity contribution < 1.29 is 4.21 Å². The second kappa shape index (κ2) is 2.65. The van der Waals surface area contributed by atoms with Crippen molar-refractivity contribution in [2.24, 2.45) is 11.8 Å². The molecule has 0 radical (unpaired) electrons. The van der Waals surface area contributed by atoms with Gasteiger partial charge in [-0.05, 0) is 31.1 Å². The van der Waals surface area contributed by atoms with Crippen LogP contribution in [0.1, 0.15) is 25.7 Å². The van der Waals surface area contributed by atoms with E-state index >= 15 is 0 Å². The third kappa shape index (κ3) is 1.26. The molecular weight excluding hydrogens is 144 g/mol. The van der Waals surface area contributed by atoms with E-state index in [2.05, 4.69) is 0 Å². The van der Waals surface area contributed by atoms with Gasteiger partial charge in [0.1, 0.15) is 0 Å². The lowest BCUT2D eigenvalue weighted by Gasteiger charge is -2.33. The first-order valence-electron chi connectivity index (χ1n) is 4.19. The van der Waals surface area contributed by atoms with Crippen LogP contribution < -0.4 is 0 Å². The average Bonchev–Trinajstić information content (AvgIpc) is 1.85. The summed E-state index contributed by atoms with van der Waals surface area (Å²) < 4.78 is 11.2. The minimum atomic E-state index is -0.449. The zero-order chi connectivity index (χ0) is 6.97. The summed E-state index contributed by atoms with van der Waals surface area (Å²) >= 11 is 0. The summed E-state index contributed by atoms with van der Waals surface area (Å²) in [5, 5.41) is 0. The molecule has 1 aliphatic carbocycles. The van der Waals surface area contributed by atoms with E-state index in [0.29, 0.717) is 0 Å². The molecule has 2 heteroatoms. The monoisotopic (exact) mass is 158 g/mol. The molecule has 2 unspecified atom stereocenters. The maximum Gasteiger partial charge on any atom is 0.0263 e. The lowest BCUT2D eigenvalue weighted by atomic mass is 9.83. The molecule has 2 bridgehead atoms. The second-order valence-electron chi connectivity index (χ2n) is 3.67. The fraction of sp³-hybridized carbons (Fsp3) is 1.00. The highest BCUT2D eigenvalue weighted by atomic mass is 32.2. The summed E-state index contributed by atoms with van der Waals surface area (Å²) in [4.78, 5) is 0. The van der Waals surface area contributed by atoms with Crippen molar-refractivity contribution in [3.8, 4) is 0 Å². The third-order valence-electron chi connectivity index (χ3n) is 2.73. The van der Waals surface area contributed by atoms with Crippen molar-refractivity contribution >= 4 is 10.8 Å². The molecule has 2 fully saturated rings. The summed E-state index contributed by atoms with van der Waals surface area (Å²) in [7, 11) is -0.449. The van der Waals surface area contributed by atoms with Crippen LogP contribution in [0.25, 0.3) is 0 Å². The van der Waals surface area contributed by atoms with Gasteiger partial charge in [0.15, 0.2) is 0 Å². The van der Waals surface area contributed by atoms with Gasteiger partial charge in [0, 0.05) is 22.3 Å². The molecule has 0 aromatic rings. The van der Waals surface area contributed by atoms with Gasteiger partial charge in [-0.3, -0.25) is 4.21 Å². The van der Waals surface area contributed by atoms with E-state index in [-0.39, 0.29) is 0 Å². The molecule has 0 amide bonds. The zero-order valence-electron chi connectivity index (χ0n) is 6.21. The molecule has 1 aliphatic heterocycles. The minimum absolute atomic E-state index is 0.449. The Labute approximate surface area is 64.7 Å². The van der Waals surface area contributed by atoms with Crippen molar-refractivity contribution in [1.82, 2.24) is 0 Å². The first-order chi connectivity index (χ1) is 4.84. The molecule has 0 spiro atoms. The number of fused-ring (bicyclic) bond motifs is 2. The Morgan fingerprint density at radius 2 is 1.70 bits per heavy atom. The zero-order valence-corrected chi connectivity index (χ0v) is 7.03. The smallest absolute Gasteiger partial charge is 0.0263 e. The van der Waals surface area contributed by atoms with Crippen LogP contribution in [0.4, 0.5) is 0 Å². The Hall–Kier alpha value is 0.150. The molecule has 1 heterocycles. The van der Waals surface area contributed by atoms with Crippen molar-refractivity contribution in [2.45, 2.75) is 25.7 Å². The van der Waals surface area contributed by atoms with Crippen LogP contribution in [0.15, 0.2) is 0 Å². The van der Waals surface area contributed by atoms with Crippen LogP contribution in [-0.2, 0) is 10.8 Å². The topological polar surface area (TPSA) is 17.1 Å². The number of rotatable bonds is 0. The highest BCUT2D eigenvalue weighted by molar-refractivity contribution is 7.85. The summed E-state index contributed by atoms with van der Waals surface area (Å²) in [6, 6.07) is 0. The van der Waals surface area contributed by atoms with Crippen molar-refractivity contribution in [2.75, 3.05) is 11.5 Å². The summed E-state index contributed by atoms with van der Waals surface area (Å²) in [5.41, 5.74) is 0. The molecule has 0 aromatic heterocycles. The molecule has 2 rings (SSSR count). The molecule has 1 saturated heterocycles. The van der Waals surface area contributed by atoms with Crippen molar-refractivity contribution in [1.29, 1.82) is 0 Å². The van der Waals surface area contributed by atoms with Gasteiger partial charge in [-0.2, -0.15) is 0 Å². The summed E-state index contributed by atoms with van der Waals surface area (Å²) in [6.07, 6.45) is 5.47. The van der Waals surface area contributed by atoms with Crippen LogP contribution in [0.5, 0.6) is 0 Å². The Balaban J connectivity index is 2.05. The molecule has 58 valence electrons. The Bertz CT molecular complexity index is 141. The van der Waals surface area contributed by atoms with E-state index in [1.54, 1.807) is 0 Å². The van der Waals surface area contributed by atoms with Gasteiger partial charge in [-0.25, -0.2) is 0 Å². The van der Waals surface area contributed by atoms with E-state index in [1.165, 1.54) is 25.7 Å². The fourth-order valence-electron chi connectivity index (χ4n) is 2.30. The molecule has 0 aromatic carbocycles. The maximum atomic E-state index is 11.2. The van der Waals surface area contributed by atoms with Gasteiger partial charge in [-0.15, -0.1) is 0 Å². The van der Waals surface area contributed by atoms with Crippen LogP contribution in [0, 0.1) is 11.8 Å². The fourth-order valence-corrected chi connectivity index (χ4v) is 4.09. The standard InChI is InChI=1S/C8H14OS/c9-10-5-7-2-1-3-8(4-7)6-10/h7-8H,1-6H2.